The standard InChI is InChI=1S/C23H21FN4O/c1-28(14-15-3-7-18(29-2)8-4-15)23-12-22-17(13-26-23)6-10-21(27-22)16-5-9-19(24)20(25)11-16/h3-13H,14,25H2,1-2H3. The van der Waals surface area contributed by atoms with Gasteiger partial charge in [-0.1, -0.05) is 12.1 Å². The number of fused-ring (bicyclic) bond motifs is 1. The Labute approximate surface area is 168 Å². The predicted molar refractivity (Wildman–Crippen MR) is 114 cm³/mol. The summed E-state index contributed by atoms with van der Waals surface area (Å²) in [6.07, 6.45) is 1.81. The molecule has 0 amide bonds. The molecule has 0 spiro atoms. The minimum Gasteiger partial charge on any atom is -0.497 e. The Bertz CT molecular complexity index is 1160. The third-order valence-electron chi connectivity index (χ3n) is 4.82. The fourth-order valence-corrected chi connectivity index (χ4v) is 3.16. The van der Waals surface area contributed by atoms with E-state index < -0.39 is 5.82 Å². The highest BCUT2D eigenvalue weighted by atomic mass is 19.1. The van der Waals surface area contributed by atoms with Gasteiger partial charge >= 0.3 is 0 Å². The van der Waals surface area contributed by atoms with E-state index in [1.807, 2.05) is 55.7 Å². The summed E-state index contributed by atoms with van der Waals surface area (Å²) in [5.41, 5.74) is 9.29. The smallest absolute Gasteiger partial charge is 0.146 e. The molecule has 2 N–H and O–H groups in total. The molecule has 2 heterocycles. The number of ether oxygens (including phenoxy) is 1. The maximum absolute atomic E-state index is 13.5. The molecule has 0 aliphatic heterocycles. The first kappa shape index (κ1) is 18.7. The number of nitrogens with zero attached hydrogens (tertiary/aromatic N) is 3. The number of halogens is 1. The lowest BCUT2D eigenvalue weighted by atomic mass is 10.1. The second-order valence-corrected chi connectivity index (χ2v) is 6.87. The number of rotatable bonds is 5. The van der Waals surface area contributed by atoms with Crippen molar-refractivity contribution in [1.82, 2.24) is 9.97 Å². The topological polar surface area (TPSA) is 64.3 Å². The van der Waals surface area contributed by atoms with E-state index in [0.717, 1.165) is 39.3 Å². The molecule has 0 saturated heterocycles. The van der Waals surface area contributed by atoms with Crippen molar-refractivity contribution in [2.45, 2.75) is 6.54 Å². The van der Waals surface area contributed by atoms with Gasteiger partial charge in [-0.2, -0.15) is 0 Å². The molecule has 2 aromatic carbocycles. The Morgan fingerprint density at radius 2 is 1.83 bits per heavy atom. The fourth-order valence-electron chi connectivity index (χ4n) is 3.16. The summed E-state index contributed by atoms with van der Waals surface area (Å²) in [4.78, 5) is 11.3. The Morgan fingerprint density at radius 1 is 1.03 bits per heavy atom. The molecule has 0 bridgehead atoms. The van der Waals surface area contributed by atoms with Gasteiger partial charge in [-0.3, -0.25) is 0 Å². The summed E-state index contributed by atoms with van der Waals surface area (Å²) in [7, 11) is 3.64. The van der Waals surface area contributed by atoms with E-state index in [0.29, 0.717) is 6.54 Å². The quantitative estimate of drug-likeness (QED) is 0.504. The van der Waals surface area contributed by atoms with Crippen LogP contribution in [0.3, 0.4) is 0 Å². The highest BCUT2D eigenvalue weighted by Gasteiger charge is 2.09. The summed E-state index contributed by atoms with van der Waals surface area (Å²) in [6.45, 7) is 0.705. The van der Waals surface area contributed by atoms with Gasteiger partial charge in [0.2, 0.25) is 0 Å². The Morgan fingerprint density at radius 3 is 2.55 bits per heavy atom. The summed E-state index contributed by atoms with van der Waals surface area (Å²) in [6, 6.07) is 18.4. The molecular formula is C23H21FN4O. The van der Waals surface area contributed by atoms with Gasteiger partial charge in [0.1, 0.15) is 17.4 Å². The van der Waals surface area contributed by atoms with Gasteiger partial charge in [0.05, 0.1) is 24.0 Å². The van der Waals surface area contributed by atoms with E-state index in [1.54, 1.807) is 19.2 Å². The van der Waals surface area contributed by atoms with Crippen LogP contribution in [-0.4, -0.2) is 24.1 Å². The van der Waals surface area contributed by atoms with Crippen LogP contribution in [-0.2, 0) is 6.54 Å². The molecule has 2 aromatic heterocycles. The number of anilines is 2. The zero-order valence-electron chi connectivity index (χ0n) is 16.3. The van der Waals surface area contributed by atoms with Gasteiger partial charge in [0.25, 0.3) is 0 Å². The second-order valence-electron chi connectivity index (χ2n) is 6.87. The number of hydrogen-bond donors (Lipinski definition) is 1. The molecule has 5 nitrogen and oxygen atoms in total. The van der Waals surface area contributed by atoms with E-state index in [-0.39, 0.29) is 5.69 Å². The van der Waals surface area contributed by atoms with Gasteiger partial charge in [-0.25, -0.2) is 14.4 Å². The molecule has 0 saturated carbocycles. The third-order valence-corrected chi connectivity index (χ3v) is 4.82. The fraction of sp³-hybridized carbons (Fsp3) is 0.130. The van der Waals surface area contributed by atoms with Gasteiger partial charge in [0, 0.05) is 36.8 Å². The lowest BCUT2D eigenvalue weighted by Crippen LogP contribution is -2.17. The van der Waals surface area contributed by atoms with Crippen LogP contribution in [0, 0.1) is 5.82 Å². The minimum atomic E-state index is -0.429. The maximum atomic E-state index is 13.5. The molecule has 0 aliphatic rings. The average Bonchev–Trinajstić information content (AvgIpc) is 2.75. The van der Waals surface area contributed by atoms with Crippen LogP contribution in [0.1, 0.15) is 5.56 Å². The molecule has 0 radical (unpaired) electrons. The lowest BCUT2D eigenvalue weighted by molar-refractivity contribution is 0.414. The summed E-state index contributed by atoms with van der Waals surface area (Å²) >= 11 is 0. The first-order valence-electron chi connectivity index (χ1n) is 9.20. The summed E-state index contributed by atoms with van der Waals surface area (Å²) < 4.78 is 18.7. The van der Waals surface area contributed by atoms with Gasteiger partial charge in [0.15, 0.2) is 0 Å². The van der Waals surface area contributed by atoms with Crippen molar-refractivity contribution in [2.75, 3.05) is 24.8 Å². The first-order chi connectivity index (χ1) is 14.0. The van der Waals surface area contributed by atoms with E-state index in [1.165, 1.54) is 6.07 Å². The van der Waals surface area contributed by atoms with E-state index in [2.05, 4.69) is 9.88 Å². The molecular weight excluding hydrogens is 367 g/mol. The monoisotopic (exact) mass is 388 g/mol. The molecule has 0 atom stereocenters. The third kappa shape index (κ3) is 3.96. The molecule has 146 valence electrons. The molecule has 4 aromatic rings. The van der Waals surface area contributed by atoms with Gasteiger partial charge < -0.3 is 15.4 Å². The SMILES string of the molecule is COc1ccc(CN(C)c2cc3nc(-c4ccc(F)c(N)c4)ccc3cn2)cc1. The second kappa shape index (κ2) is 7.75. The predicted octanol–water partition coefficient (Wildman–Crippen LogP) is 4.66. The number of benzene rings is 2. The molecule has 29 heavy (non-hydrogen) atoms. The van der Waals surface area contributed by atoms with E-state index in [4.69, 9.17) is 15.5 Å². The zero-order chi connectivity index (χ0) is 20.4. The minimum absolute atomic E-state index is 0.110. The largest absolute Gasteiger partial charge is 0.497 e. The number of nitrogens with two attached hydrogens (primary N) is 1. The van der Waals surface area contributed by atoms with Crippen LogP contribution in [0.5, 0.6) is 5.75 Å². The lowest BCUT2D eigenvalue weighted by Gasteiger charge is -2.19. The maximum Gasteiger partial charge on any atom is 0.146 e. The zero-order valence-corrected chi connectivity index (χ0v) is 16.3. The van der Waals surface area contributed by atoms with Gasteiger partial charge in [-0.15, -0.1) is 0 Å². The summed E-state index contributed by atoms with van der Waals surface area (Å²) in [5.74, 6) is 1.22. The Kier molecular flexibility index (Phi) is 4.99. The Hall–Kier alpha value is -3.67. The van der Waals surface area contributed by atoms with Crippen LogP contribution in [0.2, 0.25) is 0 Å². The number of aromatic nitrogens is 2. The van der Waals surface area contributed by atoms with Crippen molar-refractivity contribution in [1.29, 1.82) is 0 Å². The number of methoxy groups -OCH3 is 1. The Balaban J connectivity index is 1.62. The van der Waals surface area contributed by atoms with E-state index in [9.17, 15) is 4.39 Å². The van der Waals surface area contributed by atoms with Crippen molar-refractivity contribution in [3.63, 3.8) is 0 Å². The van der Waals surface area contributed by atoms with Crippen LogP contribution in [0.15, 0.2) is 66.9 Å². The first-order valence-corrected chi connectivity index (χ1v) is 9.20. The molecule has 0 unspecified atom stereocenters. The van der Waals surface area contributed by atoms with Crippen molar-refractivity contribution in [3.8, 4) is 17.0 Å². The summed E-state index contributed by atoms with van der Waals surface area (Å²) in [5, 5.41) is 0.936. The highest BCUT2D eigenvalue weighted by Crippen LogP contribution is 2.25. The van der Waals surface area contributed by atoms with Crippen LogP contribution in [0.25, 0.3) is 22.2 Å². The van der Waals surface area contributed by atoms with Gasteiger partial charge in [-0.05, 0) is 48.0 Å². The highest BCUT2D eigenvalue weighted by molar-refractivity contribution is 5.83. The van der Waals surface area contributed by atoms with Crippen molar-refractivity contribution in [2.24, 2.45) is 0 Å². The molecule has 0 aliphatic carbocycles. The normalized spacial score (nSPS) is 10.9. The van der Waals surface area contributed by atoms with Crippen molar-refractivity contribution in [3.05, 3.63) is 78.2 Å². The average molecular weight is 388 g/mol. The van der Waals surface area contributed by atoms with Crippen LogP contribution < -0.4 is 15.4 Å². The van der Waals surface area contributed by atoms with Crippen molar-refractivity contribution < 1.29 is 9.13 Å². The number of nitrogen functional groups attached to an aromatic ring is 1. The number of pyridine rings is 2. The molecule has 0 fully saturated rings. The van der Waals surface area contributed by atoms with E-state index >= 15 is 0 Å². The van der Waals surface area contributed by atoms with Crippen LogP contribution in [0.4, 0.5) is 15.9 Å². The van der Waals surface area contributed by atoms with Crippen molar-refractivity contribution >= 4 is 22.4 Å². The molecule has 4 rings (SSSR count). The van der Waals surface area contributed by atoms with Crippen LogP contribution >= 0.6 is 0 Å². The number of hydrogen-bond acceptors (Lipinski definition) is 5. The molecule has 6 heteroatoms.